The number of benzene rings is 1. The number of aryl methyl sites for hydroxylation is 1. The number of hydrogen-bond donors (Lipinski definition) is 2. The number of nitrogens with one attached hydrogen (secondary N) is 2. The third-order valence-electron chi connectivity index (χ3n) is 3.30. The lowest BCUT2D eigenvalue weighted by Crippen LogP contribution is -2.11. The van der Waals surface area contributed by atoms with Gasteiger partial charge in [0.15, 0.2) is 0 Å². The molecular weight excluding hydrogens is 260 g/mol. The lowest BCUT2D eigenvalue weighted by atomic mass is 9.87. The molecule has 1 aromatic heterocycles. The normalized spacial score (nSPS) is 11.3. The van der Waals surface area contributed by atoms with Gasteiger partial charge in [-0.2, -0.15) is 4.98 Å². The summed E-state index contributed by atoms with van der Waals surface area (Å²) in [6, 6.07) is 8.46. The van der Waals surface area contributed by atoms with Crippen LogP contribution in [0.2, 0.25) is 0 Å². The van der Waals surface area contributed by atoms with E-state index < -0.39 is 0 Å². The number of nitrogens with zero attached hydrogens (tertiary/aromatic N) is 2. The molecule has 21 heavy (non-hydrogen) atoms. The molecule has 1 heterocycles. The minimum Gasteiger partial charge on any atom is -0.354 e. The van der Waals surface area contributed by atoms with Crippen LogP contribution in [0.5, 0.6) is 0 Å². The van der Waals surface area contributed by atoms with E-state index in [4.69, 9.17) is 0 Å². The fourth-order valence-corrected chi connectivity index (χ4v) is 2.01. The van der Waals surface area contributed by atoms with Crippen LogP contribution in [0.3, 0.4) is 0 Å². The predicted molar refractivity (Wildman–Crippen MR) is 89.4 cm³/mol. The minimum absolute atomic E-state index is 0.132. The molecule has 4 nitrogen and oxygen atoms in total. The Morgan fingerprint density at radius 3 is 2.62 bits per heavy atom. The Labute approximate surface area is 127 Å². The van der Waals surface area contributed by atoms with E-state index in [1.807, 2.05) is 20.0 Å². The molecular formula is C17H24N4. The monoisotopic (exact) mass is 284 g/mol. The third kappa shape index (κ3) is 3.94. The molecule has 0 aliphatic carbocycles. The maximum absolute atomic E-state index is 4.52. The van der Waals surface area contributed by atoms with Crippen LogP contribution in [0.4, 0.5) is 17.5 Å². The van der Waals surface area contributed by atoms with Crippen molar-refractivity contribution in [3.05, 3.63) is 41.6 Å². The van der Waals surface area contributed by atoms with Crippen LogP contribution >= 0.6 is 0 Å². The van der Waals surface area contributed by atoms with Crippen LogP contribution < -0.4 is 10.6 Å². The molecule has 2 rings (SSSR count). The molecule has 2 aromatic rings. The molecule has 0 bridgehead atoms. The zero-order chi connectivity index (χ0) is 15.5. The van der Waals surface area contributed by atoms with Crippen LogP contribution in [0.1, 0.15) is 38.8 Å². The molecule has 112 valence electrons. The molecule has 0 fully saturated rings. The van der Waals surface area contributed by atoms with Gasteiger partial charge in [-0.05, 0) is 37.0 Å². The first-order valence-corrected chi connectivity index (χ1v) is 7.35. The fraction of sp³-hybridized carbons (Fsp3) is 0.412. The van der Waals surface area contributed by atoms with Crippen molar-refractivity contribution < 1.29 is 0 Å². The SMILES string of the molecule is CCNc1ncc(C)c(Nc2cccc(C(C)(C)C)c2)n1. The van der Waals surface area contributed by atoms with E-state index in [1.165, 1.54) is 5.56 Å². The summed E-state index contributed by atoms with van der Waals surface area (Å²) >= 11 is 0. The number of anilines is 3. The fourth-order valence-electron chi connectivity index (χ4n) is 2.01. The minimum atomic E-state index is 0.132. The maximum Gasteiger partial charge on any atom is 0.224 e. The number of rotatable bonds is 4. The molecule has 0 spiro atoms. The van der Waals surface area contributed by atoms with Crippen LogP contribution in [0.15, 0.2) is 30.5 Å². The number of hydrogen-bond acceptors (Lipinski definition) is 4. The van der Waals surface area contributed by atoms with E-state index in [1.54, 1.807) is 0 Å². The third-order valence-corrected chi connectivity index (χ3v) is 3.30. The van der Waals surface area contributed by atoms with Crippen LogP contribution in [0.25, 0.3) is 0 Å². The Kier molecular flexibility index (Phi) is 4.46. The van der Waals surface area contributed by atoms with Gasteiger partial charge in [0.25, 0.3) is 0 Å². The molecule has 0 saturated heterocycles. The van der Waals surface area contributed by atoms with Crippen molar-refractivity contribution in [1.82, 2.24) is 9.97 Å². The summed E-state index contributed by atoms with van der Waals surface area (Å²) < 4.78 is 0. The molecule has 2 N–H and O–H groups in total. The average Bonchev–Trinajstić information content (AvgIpc) is 2.42. The summed E-state index contributed by atoms with van der Waals surface area (Å²) in [5.74, 6) is 1.49. The first-order chi connectivity index (χ1) is 9.90. The van der Waals surface area contributed by atoms with Gasteiger partial charge in [0, 0.05) is 24.0 Å². The molecule has 0 saturated carbocycles. The molecule has 0 aliphatic rings. The van der Waals surface area contributed by atoms with Crippen molar-refractivity contribution in [2.75, 3.05) is 17.2 Å². The highest BCUT2D eigenvalue weighted by Gasteiger charge is 2.14. The van der Waals surface area contributed by atoms with E-state index in [9.17, 15) is 0 Å². The van der Waals surface area contributed by atoms with Crippen LogP contribution in [-0.4, -0.2) is 16.5 Å². The molecule has 1 aromatic carbocycles. The molecule has 0 amide bonds. The summed E-state index contributed by atoms with van der Waals surface area (Å²) in [4.78, 5) is 8.78. The van der Waals surface area contributed by atoms with Crippen molar-refractivity contribution in [3.63, 3.8) is 0 Å². The van der Waals surface area contributed by atoms with Crippen molar-refractivity contribution in [2.45, 2.75) is 40.0 Å². The van der Waals surface area contributed by atoms with Gasteiger partial charge < -0.3 is 10.6 Å². The highest BCUT2D eigenvalue weighted by molar-refractivity contribution is 5.61. The van der Waals surface area contributed by atoms with Crippen molar-refractivity contribution in [1.29, 1.82) is 0 Å². The van der Waals surface area contributed by atoms with Gasteiger partial charge >= 0.3 is 0 Å². The zero-order valence-corrected chi connectivity index (χ0v) is 13.5. The second kappa shape index (κ2) is 6.12. The Balaban J connectivity index is 2.27. The summed E-state index contributed by atoms with van der Waals surface area (Å²) in [5, 5.41) is 6.53. The van der Waals surface area contributed by atoms with Crippen LogP contribution in [-0.2, 0) is 5.41 Å². The van der Waals surface area contributed by atoms with E-state index in [0.29, 0.717) is 5.95 Å². The van der Waals surface area contributed by atoms with Gasteiger partial charge in [-0.25, -0.2) is 4.98 Å². The second-order valence-electron chi connectivity index (χ2n) is 6.21. The summed E-state index contributed by atoms with van der Waals surface area (Å²) in [6.07, 6.45) is 1.83. The Morgan fingerprint density at radius 1 is 1.19 bits per heavy atom. The zero-order valence-electron chi connectivity index (χ0n) is 13.5. The maximum atomic E-state index is 4.52. The van der Waals surface area contributed by atoms with Gasteiger partial charge in [-0.1, -0.05) is 32.9 Å². The van der Waals surface area contributed by atoms with Gasteiger partial charge in [-0.15, -0.1) is 0 Å². The largest absolute Gasteiger partial charge is 0.354 e. The Morgan fingerprint density at radius 2 is 1.95 bits per heavy atom. The summed E-state index contributed by atoms with van der Waals surface area (Å²) in [5.41, 5.74) is 3.50. The quantitative estimate of drug-likeness (QED) is 0.881. The van der Waals surface area contributed by atoms with E-state index >= 15 is 0 Å². The molecule has 0 aliphatic heterocycles. The molecule has 0 unspecified atom stereocenters. The first kappa shape index (κ1) is 15.3. The topological polar surface area (TPSA) is 49.8 Å². The van der Waals surface area contributed by atoms with Gasteiger partial charge in [-0.3, -0.25) is 0 Å². The lowest BCUT2D eigenvalue weighted by Gasteiger charge is -2.20. The van der Waals surface area contributed by atoms with Crippen molar-refractivity contribution >= 4 is 17.5 Å². The predicted octanol–water partition coefficient (Wildman–Crippen LogP) is 4.26. The van der Waals surface area contributed by atoms with Crippen molar-refractivity contribution in [3.8, 4) is 0 Å². The smallest absolute Gasteiger partial charge is 0.224 e. The molecule has 4 heteroatoms. The van der Waals surface area contributed by atoms with E-state index in [0.717, 1.165) is 23.6 Å². The highest BCUT2D eigenvalue weighted by atomic mass is 15.1. The standard InChI is InChI=1S/C17H24N4/c1-6-18-16-19-11-12(2)15(21-16)20-14-9-7-8-13(10-14)17(3,4)5/h7-11H,6H2,1-5H3,(H2,18,19,20,21). The Bertz CT molecular complexity index is 614. The highest BCUT2D eigenvalue weighted by Crippen LogP contribution is 2.26. The lowest BCUT2D eigenvalue weighted by molar-refractivity contribution is 0.590. The summed E-state index contributed by atoms with van der Waals surface area (Å²) in [7, 11) is 0. The van der Waals surface area contributed by atoms with Gasteiger partial charge in [0.05, 0.1) is 0 Å². The average molecular weight is 284 g/mol. The summed E-state index contributed by atoms with van der Waals surface area (Å²) in [6.45, 7) is 11.5. The van der Waals surface area contributed by atoms with Gasteiger partial charge in [0.2, 0.25) is 5.95 Å². The van der Waals surface area contributed by atoms with E-state index in [2.05, 4.69) is 65.6 Å². The number of aromatic nitrogens is 2. The van der Waals surface area contributed by atoms with Crippen molar-refractivity contribution in [2.24, 2.45) is 0 Å². The second-order valence-corrected chi connectivity index (χ2v) is 6.21. The Hall–Kier alpha value is -2.10. The van der Waals surface area contributed by atoms with Crippen LogP contribution in [0, 0.1) is 6.92 Å². The first-order valence-electron chi connectivity index (χ1n) is 7.35. The molecule has 0 atom stereocenters. The van der Waals surface area contributed by atoms with Gasteiger partial charge in [0.1, 0.15) is 5.82 Å². The van der Waals surface area contributed by atoms with E-state index in [-0.39, 0.29) is 5.41 Å². The molecule has 0 radical (unpaired) electrons.